The first-order chi connectivity index (χ1) is 8.70. The molecule has 0 atom stereocenters. The second kappa shape index (κ2) is 13.8. The second-order valence-electron chi connectivity index (χ2n) is 4.15. The van der Waals surface area contributed by atoms with E-state index in [1.54, 1.807) is 0 Å². The van der Waals surface area contributed by atoms with Crippen LogP contribution in [0.2, 0.25) is 0 Å². The van der Waals surface area contributed by atoms with Gasteiger partial charge >= 0.3 is 0 Å². The molecule has 1 aliphatic heterocycles. The second-order valence-corrected chi connectivity index (χ2v) is 4.15. The highest BCUT2D eigenvalue weighted by Crippen LogP contribution is 2.12. The van der Waals surface area contributed by atoms with E-state index in [0.29, 0.717) is 0 Å². The third kappa shape index (κ3) is 9.95. The Balaban J connectivity index is 0. The lowest BCUT2D eigenvalue weighted by atomic mass is 10.1. The van der Waals surface area contributed by atoms with Crippen molar-refractivity contribution in [3.63, 3.8) is 0 Å². The van der Waals surface area contributed by atoms with E-state index < -0.39 is 0 Å². The number of fused-ring (bicyclic) bond motifs is 1. The van der Waals surface area contributed by atoms with Crippen molar-refractivity contribution < 1.29 is 0 Å². The van der Waals surface area contributed by atoms with Gasteiger partial charge in [0.05, 0.1) is 0 Å². The summed E-state index contributed by atoms with van der Waals surface area (Å²) in [5.41, 5.74) is 2.71. The number of benzene rings is 1. The van der Waals surface area contributed by atoms with Crippen LogP contribution in [0.5, 0.6) is 0 Å². The first-order valence-electron chi connectivity index (χ1n) is 7.18. The molecule has 1 N–H and O–H groups in total. The van der Waals surface area contributed by atoms with Crippen LogP contribution in [-0.4, -0.2) is 0 Å². The third-order valence-electron chi connectivity index (χ3n) is 1.73. The molecule has 1 heteroatoms. The molecule has 104 valence electrons. The van der Waals surface area contributed by atoms with E-state index in [1.807, 2.05) is 33.9 Å². The molecule has 1 aromatic rings. The van der Waals surface area contributed by atoms with E-state index in [4.69, 9.17) is 0 Å². The molecule has 1 nitrogen and oxygen atoms in total. The molecular formula is C17H31N. The van der Waals surface area contributed by atoms with Gasteiger partial charge in [0.25, 0.3) is 0 Å². The SMILES string of the molecule is C1=Cc2ccccc2CN1.CC.CC.CC(C)C. The molecule has 2 rings (SSSR count). The molecule has 0 unspecified atom stereocenters. The zero-order valence-electron chi connectivity index (χ0n) is 13.2. The summed E-state index contributed by atoms with van der Waals surface area (Å²) >= 11 is 0. The summed E-state index contributed by atoms with van der Waals surface area (Å²) in [6.45, 7) is 15.5. The third-order valence-corrected chi connectivity index (χ3v) is 1.73. The minimum Gasteiger partial charge on any atom is -0.387 e. The maximum absolute atomic E-state index is 3.16. The van der Waals surface area contributed by atoms with Gasteiger partial charge in [0.15, 0.2) is 0 Å². The van der Waals surface area contributed by atoms with E-state index >= 15 is 0 Å². The fourth-order valence-electron chi connectivity index (χ4n) is 1.18. The molecule has 0 saturated heterocycles. The Bertz CT molecular complexity index is 297. The number of nitrogens with one attached hydrogen (secondary N) is 1. The predicted molar refractivity (Wildman–Crippen MR) is 85.5 cm³/mol. The average Bonchev–Trinajstić information content (AvgIpc) is 2.43. The van der Waals surface area contributed by atoms with Gasteiger partial charge in [-0.15, -0.1) is 0 Å². The molecule has 0 saturated carbocycles. The van der Waals surface area contributed by atoms with Crippen LogP contribution < -0.4 is 5.32 Å². The lowest BCUT2D eigenvalue weighted by Gasteiger charge is -2.10. The van der Waals surface area contributed by atoms with E-state index in [9.17, 15) is 0 Å². The summed E-state index contributed by atoms with van der Waals surface area (Å²) in [4.78, 5) is 0. The lowest BCUT2D eigenvalue weighted by molar-refractivity contribution is 0.737. The highest BCUT2D eigenvalue weighted by Gasteiger charge is 1.99. The van der Waals surface area contributed by atoms with Crippen LogP contribution in [0.4, 0.5) is 0 Å². The summed E-state index contributed by atoms with van der Waals surface area (Å²) in [6.07, 6.45) is 4.08. The molecule has 0 fully saturated rings. The molecule has 1 aliphatic rings. The maximum atomic E-state index is 3.16. The Hall–Kier alpha value is -1.24. The fourth-order valence-corrected chi connectivity index (χ4v) is 1.18. The number of hydrogen-bond donors (Lipinski definition) is 1. The predicted octanol–water partition coefficient (Wildman–Crippen LogP) is 5.48. The first kappa shape index (κ1) is 19.1. The fraction of sp³-hybridized carbons (Fsp3) is 0.529. The summed E-state index contributed by atoms with van der Waals surface area (Å²) in [6, 6.07) is 8.41. The van der Waals surface area contributed by atoms with E-state index in [2.05, 4.69) is 56.4 Å². The molecule has 0 spiro atoms. The van der Waals surface area contributed by atoms with Gasteiger partial charge in [0.2, 0.25) is 0 Å². The largest absolute Gasteiger partial charge is 0.387 e. The van der Waals surface area contributed by atoms with Gasteiger partial charge in [-0.2, -0.15) is 0 Å². The standard InChI is InChI=1S/C9H9N.C4H10.2C2H6/c1-2-4-9-7-10-6-5-8(9)3-1;1-4(2)3;2*1-2/h1-6,10H,7H2;4H,1-3H3;2*1-2H3. The smallest absolute Gasteiger partial charge is 0.0401 e. The average molecular weight is 249 g/mol. The van der Waals surface area contributed by atoms with Crippen LogP contribution in [0.25, 0.3) is 6.08 Å². The Morgan fingerprint density at radius 2 is 1.44 bits per heavy atom. The minimum absolute atomic E-state index is 0.833. The number of hydrogen-bond acceptors (Lipinski definition) is 1. The Kier molecular flexibility index (Phi) is 14.7. The molecule has 0 aromatic heterocycles. The van der Waals surface area contributed by atoms with Gasteiger partial charge in [0.1, 0.15) is 0 Å². The normalized spacial score (nSPS) is 10.4. The van der Waals surface area contributed by atoms with Crippen molar-refractivity contribution in [3.8, 4) is 0 Å². The van der Waals surface area contributed by atoms with Crippen molar-refractivity contribution in [2.45, 2.75) is 55.0 Å². The van der Waals surface area contributed by atoms with Gasteiger partial charge in [-0.3, -0.25) is 0 Å². The number of rotatable bonds is 0. The molecule has 0 aliphatic carbocycles. The molecular weight excluding hydrogens is 218 g/mol. The molecule has 0 bridgehead atoms. The van der Waals surface area contributed by atoms with Crippen molar-refractivity contribution in [3.05, 3.63) is 41.6 Å². The van der Waals surface area contributed by atoms with Crippen molar-refractivity contribution in [2.75, 3.05) is 0 Å². The highest BCUT2D eigenvalue weighted by molar-refractivity contribution is 5.55. The topological polar surface area (TPSA) is 12.0 Å². The molecule has 1 heterocycles. The van der Waals surface area contributed by atoms with Gasteiger partial charge in [-0.25, -0.2) is 0 Å². The lowest BCUT2D eigenvalue weighted by Crippen LogP contribution is -2.09. The first-order valence-corrected chi connectivity index (χ1v) is 7.18. The quantitative estimate of drug-likeness (QED) is 0.642. The van der Waals surface area contributed by atoms with Crippen LogP contribution in [0.1, 0.15) is 59.6 Å². The Morgan fingerprint density at radius 1 is 0.944 bits per heavy atom. The van der Waals surface area contributed by atoms with Gasteiger partial charge in [0, 0.05) is 6.54 Å². The highest BCUT2D eigenvalue weighted by atomic mass is 14.8. The summed E-state index contributed by atoms with van der Waals surface area (Å²) < 4.78 is 0. The summed E-state index contributed by atoms with van der Waals surface area (Å²) in [7, 11) is 0. The van der Waals surface area contributed by atoms with Gasteiger partial charge < -0.3 is 5.32 Å². The van der Waals surface area contributed by atoms with Crippen molar-refractivity contribution in [1.29, 1.82) is 0 Å². The van der Waals surface area contributed by atoms with Crippen molar-refractivity contribution in [2.24, 2.45) is 5.92 Å². The molecule has 0 amide bonds. The van der Waals surface area contributed by atoms with E-state index in [-0.39, 0.29) is 0 Å². The van der Waals surface area contributed by atoms with Crippen LogP contribution >= 0.6 is 0 Å². The zero-order chi connectivity index (χ0) is 14.4. The summed E-state index contributed by atoms with van der Waals surface area (Å²) in [5.74, 6) is 0.833. The van der Waals surface area contributed by atoms with Crippen LogP contribution in [0.3, 0.4) is 0 Å². The maximum Gasteiger partial charge on any atom is 0.0401 e. The monoisotopic (exact) mass is 249 g/mol. The van der Waals surface area contributed by atoms with Gasteiger partial charge in [-0.1, -0.05) is 72.7 Å². The van der Waals surface area contributed by atoms with Crippen molar-refractivity contribution >= 4 is 6.08 Å². The van der Waals surface area contributed by atoms with Crippen LogP contribution in [0, 0.1) is 5.92 Å². The van der Waals surface area contributed by atoms with Crippen molar-refractivity contribution in [1.82, 2.24) is 5.32 Å². The Labute approximate surface area is 114 Å². The summed E-state index contributed by atoms with van der Waals surface area (Å²) in [5, 5.41) is 3.16. The molecule has 18 heavy (non-hydrogen) atoms. The Morgan fingerprint density at radius 3 is 1.94 bits per heavy atom. The van der Waals surface area contributed by atoms with Gasteiger partial charge in [-0.05, 0) is 29.3 Å². The minimum atomic E-state index is 0.833. The molecule has 0 radical (unpaired) electrons. The zero-order valence-corrected chi connectivity index (χ0v) is 13.2. The molecule has 1 aromatic carbocycles. The van der Waals surface area contributed by atoms with E-state index in [0.717, 1.165) is 12.5 Å². The van der Waals surface area contributed by atoms with Crippen LogP contribution in [-0.2, 0) is 6.54 Å². The van der Waals surface area contributed by atoms with E-state index in [1.165, 1.54) is 11.1 Å². The van der Waals surface area contributed by atoms with Crippen LogP contribution in [0.15, 0.2) is 30.5 Å².